The molecule has 2 aromatic rings. The lowest BCUT2D eigenvalue weighted by atomic mass is 10.1. The Morgan fingerprint density at radius 2 is 2.14 bits per heavy atom. The van der Waals surface area contributed by atoms with Gasteiger partial charge in [-0.05, 0) is 36.3 Å². The first-order chi connectivity index (χ1) is 10.8. The molecular formula is C17H21N4S+. The van der Waals surface area contributed by atoms with Crippen molar-refractivity contribution in [2.75, 3.05) is 18.2 Å². The first-order valence-corrected chi connectivity index (χ1v) is 8.04. The summed E-state index contributed by atoms with van der Waals surface area (Å²) in [6, 6.07) is 12.6. The lowest BCUT2D eigenvalue weighted by Gasteiger charge is -2.36. The van der Waals surface area contributed by atoms with Crippen LogP contribution in [0.4, 0.5) is 5.69 Å². The highest BCUT2D eigenvalue weighted by Gasteiger charge is 2.26. The van der Waals surface area contributed by atoms with Gasteiger partial charge in [0.1, 0.15) is 6.54 Å². The van der Waals surface area contributed by atoms with Crippen LogP contribution in [-0.2, 0) is 13.0 Å². The van der Waals surface area contributed by atoms with Crippen molar-refractivity contribution in [1.82, 2.24) is 10.3 Å². The maximum Gasteiger partial charge on any atom is 0.182 e. The Bertz CT molecular complexity index is 644. The predicted molar refractivity (Wildman–Crippen MR) is 92.7 cm³/mol. The molecule has 0 bridgehead atoms. The standard InChI is InChI=1S/C17H20N4S/c1-2-15-7-3-4-8-16(15)21-13-20(12-19-17(21)22)11-14-6-5-9-18-10-14/h3-10H,2,11-13H2,1H3,(H,19,22)/p+1. The number of benzene rings is 1. The van der Waals surface area contributed by atoms with Crippen LogP contribution in [0.25, 0.3) is 0 Å². The summed E-state index contributed by atoms with van der Waals surface area (Å²) in [6.07, 6.45) is 4.75. The smallest absolute Gasteiger partial charge is 0.182 e. The highest BCUT2D eigenvalue weighted by Crippen LogP contribution is 2.20. The summed E-state index contributed by atoms with van der Waals surface area (Å²) in [6.45, 7) is 4.84. The molecule has 1 aromatic carbocycles. The van der Waals surface area contributed by atoms with Crippen molar-refractivity contribution in [2.24, 2.45) is 0 Å². The van der Waals surface area contributed by atoms with Crippen LogP contribution in [0.3, 0.4) is 0 Å². The van der Waals surface area contributed by atoms with Gasteiger partial charge in [-0.2, -0.15) is 0 Å². The number of nitrogens with one attached hydrogen (secondary N) is 2. The lowest BCUT2D eigenvalue weighted by Crippen LogP contribution is -3.16. The van der Waals surface area contributed by atoms with E-state index < -0.39 is 0 Å². The van der Waals surface area contributed by atoms with Crippen molar-refractivity contribution in [2.45, 2.75) is 19.9 Å². The Morgan fingerprint density at radius 3 is 2.91 bits per heavy atom. The molecule has 2 heterocycles. The van der Waals surface area contributed by atoms with Crippen LogP contribution in [0, 0.1) is 0 Å². The van der Waals surface area contributed by atoms with Gasteiger partial charge in [-0.15, -0.1) is 0 Å². The van der Waals surface area contributed by atoms with E-state index in [-0.39, 0.29) is 0 Å². The Morgan fingerprint density at radius 1 is 1.27 bits per heavy atom. The molecule has 0 amide bonds. The number of quaternary nitrogens is 1. The summed E-state index contributed by atoms with van der Waals surface area (Å²) in [5.74, 6) is 0. The van der Waals surface area contributed by atoms with Crippen molar-refractivity contribution in [3.63, 3.8) is 0 Å². The molecular weight excluding hydrogens is 292 g/mol. The molecule has 0 aliphatic carbocycles. The van der Waals surface area contributed by atoms with Crippen LogP contribution >= 0.6 is 12.2 Å². The van der Waals surface area contributed by atoms with Crippen LogP contribution < -0.4 is 15.1 Å². The summed E-state index contributed by atoms with van der Waals surface area (Å²) in [5.41, 5.74) is 3.79. The molecule has 1 saturated heterocycles. The van der Waals surface area contributed by atoms with Gasteiger partial charge >= 0.3 is 0 Å². The van der Waals surface area contributed by atoms with Crippen LogP contribution in [0.5, 0.6) is 0 Å². The Balaban J connectivity index is 1.78. The number of pyridine rings is 1. The van der Waals surface area contributed by atoms with E-state index in [4.69, 9.17) is 12.2 Å². The normalized spacial score (nSPS) is 18.1. The van der Waals surface area contributed by atoms with E-state index >= 15 is 0 Å². The Kier molecular flexibility index (Phi) is 4.65. The summed E-state index contributed by atoms with van der Waals surface area (Å²) in [4.78, 5) is 7.83. The van der Waals surface area contributed by atoms with Crippen molar-refractivity contribution in [3.05, 3.63) is 59.9 Å². The Hall–Kier alpha value is -1.98. The lowest BCUT2D eigenvalue weighted by molar-refractivity contribution is -0.916. The molecule has 2 N–H and O–H groups in total. The minimum absolute atomic E-state index is 0.816. The minimum Gasteiger partial charge on any atom is -0.315 e. The topological polar surface area (TPSA) is 32.6 Å². The zero-order chi connectivity index (χ0) is 15.4. The number of thiocarbonyl (C=S) groups is 1. The largest absolute Gasteiger partial charge is 0.315 e. The molecule has 1 atom stereocenters. The maximum atomic E-state index is 5.52. The molecule has 5 heteroatoms. The maximum absolute atomic E-state index is 5.52. The molecule has 0 radical (unpaired) electrons. The number of aryl methyl sites for hydroxylation is 1. The number of para-hydroxylation sites is 1. The van der Waals surface area contributed by atoms with Crippen LogP contribution in [-0.4, -0.2) is 23.4 Å². The summed E-state index contributed by atoms with van der Waals surface area (Å²) in [5, 5.41) is 4.17. The average Bonchev–Trinajstić information content (AvgIpc) is 2.57. The van der Waals surface area contributed by atoms with Gasteiger partial charge in [0.05, 0.1) is 5.69 Å². The summed E-state index contributed by atoms with van der Waals surface area (Å²) in [7, 11) is 0. The number of hydrogen-bond donors (Lipinski definition) is 2. The number of rotatable bonds is 4. The quantitative estimate of drug-likeness (QED) is 0.835. The van der Waals surface area contributed by atoms with E-state index in [2.05, 4.69) is 52.5 Å². The van der Waals surface area contributed by atoms with E-state index in [1.807, 2.05) is 18.5 Å². The fraction of sp³-hybridized carbons (Fsp3) is 0.294. The molecule has 4 nitrogen and oxygen atoms in total. The summed E-state index contributed by atoms with van der Waals surface area (Å²) >= 11 is 5.52. The van der Waals surface area contributed by atoms with Gasteiger partial charge in [0.25, 0.3) is 0 Å². The van der Waals surface area contributed by atoms with Crippen molar-refractivity contribution >= 4 is 23.0 Å². The molecule has 1 fully saturated rings. The third-order valence-corrected chi connectivity index (χ3v) is 4.32. The second kappa shape index (κ2) is 6.85. The van der Waals surface area contributed by atoms with Crippen molar-refractivity contribution in [3.8, 4) is 0 Å². The van der Waals surface area contributed by atoms with Gasteiger partial charge in [0.2, 0.25) is 0 Å². The molecule has 114 valence electrons. The SMILES string of the molecule is CCc1ccccc1N1C[NH+](Cc2cccnc2)CNC1=S. The molecule has 0 spiro atoms. The highest BCUT2D eigenvalue weighted by molar-refractivity contribution is 7.80. The molecule has 1 aromatic heterocycles. The number of nitrogens with zero attached hydrogens (tertiary/aromatic N) is 2. The molecule has 1 aliphatic heterocycles. The predicted octanol–water partition coefficient (Wildman–Crippen LogP) is 1.34. The minimum atomic E-state index is 0.816. The van der Waals surface area contributed by atoms with Gasteiger partial charge in [-0.3, -0.25) is 14.8 Å². The van der Waals surface area contributed by atoms with Crippen LogP contribution in [0.2, 0.25) is 0 Å². The van der Waals surface area contributed by atoms with Crippen LogP contribution in [0.15, 0.2) is 48.8 Å². The van der Waals surface area contributed by atoms with Gasteiger partial charge in [0.15, 0.2) is 18.4 Å². The second-order valence-corrected chi connectivity index (χ2v) is 5.90. The van der Waals surface area contributed by atoms with E-state index in [1.54, 1.807) is 0 Å². The zero-order valence-corrected chi connectivity index (χ0v) is 13.6. The van der Waals surface area contributed by atoms with Gasteiger partial charge < -0.3 is 5.32 Å². The van der Waals surface area contributed by atoms with Gasteiger partial charge in [0, 0.05) is 18.0 Å². The average molecular weight is 313 g/mol. The number of hydrogen-bond acceptors (Lipinski definition) is 2. The van der Waals surface area contributed by atoms with E-state index in [0.29, 0.717) is 0 Å². The fourth-order valence-corrected chi connectivity index (χ4v) is 3.06. The van der Waals surface area contributed by atoms with E-state index in [0.717, 1.165) is 31.4 Å². The summed E-state index contributed by atoms with van der Waals surface area (Å²) < 4.78 is 0. The molecule has 3 rings (SSSR count). The van der Waals surface area contributed by atoms with Crippen molar-refractivity contribution < 1.29 is 4.90 Å². The first-order valence-electron chi connectivity index (χ1n) is 7.63. The third kappa shape index (κ3) is 3.26. The van der Waals surface area contributed by atoms with Crippen LogP contribution in [0.1, 0.15) is 18.1 Å². The highest BCUT2D eigenvalue weighted by atomic mass is 32.1. The molecule has 22 heavy (non-hydrogen) atoms. The van der Waals surface area contributed by atoms with Crippen molar-refractivity contribution in [1.29, 1.82) is 0 Å². The number of anilines is 1. The van der Waals surface area contributed by atoms with E-state index in [1.165, 1.54) is 21.7 Å². The van der Waals surface area contributed by atoms with Gasteiger partial charge in [-0.1, -0.05) is 31.2 Å². The number of aromatic nitrogens is 1. The monoisotopic (exact) mass is 313 g/mol. The van der Waals surface area contributed by atoms with Gasteiger partial charge in [-0.25, -0.2) is 0 Å². The van der Waals surface area contributed by atoms with E-state index in [9.17, 15) is 0 Å². The fourth-order valence-electron chi connectivity index (χ4n) is 2.82. The molecule has 1 aliphatic rings. The third-order valence-electron chi connectivity index (χ3n) is 3.96. The first kappa shape index (κ1) is 14.9. The zero-order valence-electron chi connectivity index (χ0n) is 12.7. The molecule has 1 unspecified atom stereocenters. The molecule has 0 saturated carbocycles. The Labute approximate surface area is 136 Å². The second-order valence-electron chi connectivity index (χ2n) is 5.52.